The molecule has 0 saturated carbocycles. The zero-order valence-corrected chi connectivity index (χ0v) is 14.9. The Balaban J connectivity index is 1.84. The molecule has 1 nitrogen and oxygen atoms in total. The van der Waals surface area contributed by atoms with Gasteiger partial charge in [-0.1, -0.05) is 109 Å². The fourth-order valence-electron chi connectivity index (χ4n) is 3.89. The summed E-state index contributed by atoms with van der Waals surface area (Å²) in [6.45, 7) is -0.0231. The molecule has 0 aliphatic carbocycles. The minimum Gasteiger partial charge on any atom is -0.328 e. The number of hydrogen-bond acceptors (Lipinski definition) is 1. The fraction of sp³-hybridized carbons (Fsp3) is 0. The van der Waals surface area contributed by atoms with Crippen LogP contribution in [0.15, 0.2) is 114 Å². The lowest BCUT2D eigenvalue weighted by atomic mass is 9.50. The molecule has 4 aromatic rings. The Hall–Kier alpha value is -3.39. The van der Waals surface area contributed by atoms with E-state index in [1.54, 1.807) is 0 Å². The molecule has 0 radical (unpaired) electrons. The average molecular weight is 343 g/mol. The Bertz CT molecular complexity index is 1120. The standard InChI is InChI=1S/C25H18BN/c1-3-11-19(12-4-1)25-23-17-8-7-15-21(23)22-16-9-10-18-24(22)26(27-25)20-13-5-2-6-14-20/h1-18H. The third kappa shape index (κ3) is 2.80. The molecule has 126 valence electrons. The quantitative estimate of drug-likeness (QED) is 0.481. The van der Waals surface area contributed by atoms with E-state index >= 15 is 0 Å². The lowest BCUT2D eigenvalue weighted by Crippen LogP contribution is -2.41. The summed E-state index contributed by atoms with van der Waals surface area (Å²) in [6.07, 6.45) is 0. The van der Waals surface area contributed by atoms with Gasteiger partial charge < -0.3 is 4.90 Å². The van der Waals surface area contributed by atoms with E-state index in [-0.39, 0.29) is 6.85 Å². The van der Waals surface area contributed by atoms with Gasteiger partial charge in [-0.05, 0) is 27.6 Å². The zero-order chi connectivity index (χ0) is 18.1. The van der Waals surface area contributed by atoms with E-state index in [1.807, 2.05) is 0 Å². The SMILES string of the molecule is c1ccc(B2N=C(c3ccccc3)c3ccccc3-c3ccccc32)cc1. The van der Waals surface area contributed by atoms with E-state index in [2.05, 4.69) is 109 Å². The monoisotopic (exact) mass is 343 g/mol. The van der Waals surface area contributed by atoms with Gasteiger partial charge in [0.25, 0.3) is 0 Å². The molecule has 0 saturated heterocycles. The van der Waals surface area contributed by atoms with Gasteiger partial charge in [-0.2, -0.15) is 0 Å². The molecule has 1 aliphatic rings. The van der Waals surface area contributed by atoms with Gasteiger partial charge in [0.05, 0.1) is 5.71 Å². The lowest BCUT2D eigenvalue weighted by Gasteiger charge is -2.12. The average Bonchev–Trinajstić information content (AvgIpc) is 2.90. The van der Waals surface area contributed by atoms with E-state index < -0.39 is 0 Å². The summed E-state index contributed by atoms with van der Waals surface area (Å²) < 4.78 is 0. The fourth-order valence-corrected chi connectivity index (χ4v) is 3.89. The summed E-state index contributed by atoms with van der Waals surface area (Å²) in [5.41, 5.74) is 8.36. The molecule has 0 aromatic heterocycles. The third-order valence-corrected chi connectivity index (χ3v) is 5.15. The summed E-state index contributed by atoms with van der Waals surface area (Å²) in [7, 11) is 0. The zero-order valence-electron chi connectivity index (χ0n) is 14.9. The maximum Gasteiger partial charge on any atom is 0.345 e. The van der Waals surface area contributed by atoms with Gasteiger partial charge in [0.2, 0.25) is 0 Å². The molecule has 0 N–H and O–H groups in total. The summed E-state index contributed by atoms with van der Waals surface area (Å²) in [6, 6.07) is 38.3. The van der Waals surface area contributed by atoms with Crippen LogP contribution in [0.1, 0.15) is 11.1 Å². The maximum atomic E-state index is 5.32. The highest BCUT2D eigenvalue weighted by Crippen LogP contribution is 2.28. The van der Waals surface area contributed by atoms with Gasteiger partial charge in [0.1, 0.15) is 0 Å². The van der Waals surface area contributed by atoms with Gasteiger partial charge in [-0.15, -0.1) is 0 Å². The summed E-state index contributed by atoms with van der Waals surface area (Å²) >= 11 is 0. The Morgan fingerprint density at radius 3 is 1.78 bits per heavy atom. The van der Waals surface area contributed by atoms with Gasteiger partial charge in [0, 0.05) is 5.56 Å². The molecule has 0 unspecified atom stereocenters. The molecule has 0 spiro atoms. The van der Waals surface area contributed by atoms with Crippen molar-refractivity contribution in [2.75, 3.05) is 0 Å². The van der Waals surface area contributed by atoms with Gasteiger partial charge in [0.15, 0.2) is 0 Å². The number of nitrogens with zero attached hydrogens (tertiary/aromatic N) is 1. The largest absolute Gasteiger partial charge is 0.345 e. The van der Waals surface area contributed by atoms with Crippen LogP contribution in [-0.4, -0.2) is 12.6 Å². The van der Waals surface area contributed by atoms with E-state index in [0.717, 1.165) is 11.3 Å². The number of benzene rings is 4. The predicted octanol–water partition coefficient (Wildman–Crippen LogP) is 4.31. The normalized spacial score (nSPS) is 12.6. The highest BCUT2D eigenvalue weighted by molar-refractivity contribution is 6.86. The summed E-state index contributed by atoms with van der Waals surface area (Å²) in [4.78, 5) is 5.32. The number of rotatable bonds is 2. The molecule has 1 heterocycles. The first-order valence-corrected chi connectivity index (χ1v) is 9.29. The highest BCUT2D eigenvalue weighted by atomic mass is 14.7. The van der Waals surface area contributed by atoms with E-state index in [4.69, 9.17) is 4.90 Å². The molecular formula is C25H18BN. The second-order valence-electron chi connectivity index (χ2n) is 6.79. The Morgan fingerprint density at radius 1 is 0.481 bits per heavy atom. The molecule has 0 fully saturated rings. The van der Waals surface area contributed by atoms with Crippen LogP contribution in [0.5, 0.6) is 0 Å². The van der Waals surface area contributed by atoms with E-state index in [1.165, 1.54) is 27.6 Å². The first-order chi connectivity index (χ1) is 13.4. The lowest BCUT2D eigenvalue weighted by molar-refractivity contribution is 1.57. The molecule has 0 atom stereocenters. The van der Waals surface area contributed by atoms with Crippen molar-refractivity contribution in [3.63, 3.8) is 0 Å². The van der Waals surface area contributed by atoms with Crippen molar-refractivity contribution in [3.05, 3.63) is 120 Å². The van der Waals surface area contributed by atoms with Crippen LogP contribution >= 0.6 is 0 Å². The molecule has 27 heavy (non-hydrogen) atoms. The smallest absolute Gasteiger partial charge is 0.328 e. The number of fused-ring (bicyclic) bond motifs is 3. The highest BCUT2D eigenvalue weighted by Gasteiger charge is 2.28. The second-order valence-corrected chi connectivity index (χ2v) is 6.79. The Labute approximate surface area is 160 Å². The van der Waals surface area contributed by atoms with Crippen LogP contribution < -0.4 is 10.9 Å². The molecule has 1 aliphatic heterocycles. The third-order valence-electron chi connectivity index (χ3n) is 5.15. The van der Waals surface area contributed by atoms with Gasteiger partial charge in [-0.3, -0.25) is 0 Å². The molecule has 0 amide bonds. The Morgan fingerprint density at radius 2 is 1.04 bits per heavy atom. The maximum absolute atomic E-state index is 5.32. The summed E-state index contributed by atoms with van der Waals surface area (Å²) in [5.74, 6) is 0. The molecule has 2 heteroatoms. The Kier molecular flexibility index (Phi) is 3.95. The predicted molar refractivity (Wildman–Crippen MR) is 115 cm³/mol. The van der Waals surface area contributed by atoms with Crippen LogP contribution in [-0.2, 0) is 0 Å². The topological polar surface area (TPSA) is 12.4 Å². The summed E-state index contributed by atoms with van der Waals surface area (Å²) in [5, 5.41) is 0. The van der Waals surface area contributed by atoms with Crippen molar-refractivity contribution in [1.82, 2.24) is 0 Å². The van der Waals surface area contributed by atoms with Crippen molar-refractivity contribution in [1.29, 1.82) is 0 Å². The van der Waals surface area contributed by atoms with E-state index in [0.29, 0.717) is 0 Å². The van der Waals surface area contributed by atoms with Crippen molar-refractivity contribution in [3.8, 4) is 11.1 Å². The van der Waals surface area contributed by atoms with E-state index in [9.17, 15) is 0 Å². The van der Waals surface area contributed by atoms with Crippen molar-refractivity contribution in [2.45, 2.75) is 0 Å². The van der Waals surface area contributed by atoms with Crippen molar-refractivity contribution in [2.24, 2.45) is 4.90 Å². The molecule has 4 aromatic carbocycles. The second kappa shape index (κ2) is 6.73. The van der Waals surface area contributed by atoms with Crippen LogP contribution in [0.3, 0.4) is 0 Å². The molecular weight excluding hydrogens is 325 g/mol. The van der Waals surface area contributed by atoms with Crippen LogP contribution in [0.4, 0.5) is 0 Å². The van der Waals surface area contributed by atoms with Crippen LogP contribution in [0.25, 0.3) is 11.1 Å². The minimum absolute atomic E-state index is 0.0231. The van der Waals surface area contributed by atoms with Crippen molar-refractivity contribution < 1.29 is 0 Å². The van der Waals surface area contributed by atoms with Gasteiger partial charge in [-0.25, -0.2) is 0 Å². The first-order valence-electron chi connectivity index (χ1n) is 9.29. The minimum atomic E-state index is -0.0231. The number of hydrogen-bond donors (Lipinski definition) is 0. The first kappa shape index (κ1) is 15.8. The van der Waals surface area contributed by atoms with Crippen LogP contribution in [0.2, 0.25) is 0 Å². The molecule has 0 bridgehead atoms. The molecule has 5 rings (SSSR count). The van der Waals surface area contributed by atoms with Gasteiger partial charge >= 0.3 is 6.85 Å². The van der Waals surface area contributed by atoms with Crippen molar-refractivity contribution >= 4 is 23.5 Å². The van der Waals surface area contributed by atoms with Crippen LogP contribution in [0, 0.1) is 0 Å².